The molecule has 3 aromatic rings. The van der Waals surface area contributed by atoms with Crippen molar-refractivity contribution < 1.29 is 18.3 Å². The zero-order valence-corrected chi connectivity index (χ0v) is 12.9. The largest absolute Gasteiger partial charge is 0.382 e. The van der Waals surface area contributed by atoms with Crippen LogP contribution in [0.25, 0.3) is 22.0 Å². The summed E-state index contributed by atoms with van der Waals surface area (Å²) in [6, 6.07) is 8.10. The van der Waals surface area contributed by atoms with E-state index in [-0.39, 0.29) is 5.75 Å². The van der Waals surface area contributed by atoms with Gasteiger partial charge in [-0.25, -0.2) is 9.18 Å². The molecule has 0 saturated carbocycles. The Kier molecular flexibility index (Phi) is 3.86. The SMILES string of the molecule is NC(=O)c1ccc(-c2cn(C(N)=O)c3cc(OCl)c(F)cc23)cc1. The monoisotopic (exact) mass is 347 g/mol. The zero-order valence-electron chi connectivity index (χ0n) is 12.1. The second-order valence-corrected chi connectivity index (χ2v) is 5.22. The third kappa shape index (κ3) is 2.55. The summed E-state index contributed by atoms with van der Waals surface area (Å²) in [6.45, 7) is 0. The van der Waals surface area contributed by atoms with Gasteiger partial charge >= 0.3 is 6.03 Å². The highest BCUT2D eigenvalue weighted by molar-refractivity contribution is 6.09. The first kappa shape index (κ1) is 15.8. The Hall–Kier alpha value is -3.06. The summed E-state index contributed by atoms with van der Waals surface area (Å²) in [5.41, 5.74) is 12.5. The number of rotatable bonds is 3. The number of aromatic nitrogens is 1. The summed E-state index contributed by atoms with van der Waals surface area (Å²) in [7, 11) is 0. The summed E-state index contributed by atoms with van der Waals surface area (Å²) < 4.78 is 19.6. The fourth-order valence-electron chi connectivity index (χ4n) is 2.51. The Labute approximate surface area is 140 Å². The Morgan fingerprint density at radius 1 is 1.12 bits per heavy atom. The van der Waals surface area contributed by atoms with E-state index >= 15 is 0 Å². The number of hydrogen-bond donors (Lipinski definition) is 2. The van der Waals surface area contributed by atoms with Gasteiger partial charge in [0.1, 0.15) is 11.9 Å². The van der Waals surface area contributed by atoms with Gasteiger partial charge in [0.2, 0.25) is 5.91 Å². The molecular weight excluding hydrogens is 337 g/mol. The van der Waals surface area contributed by atoms with E-state index in [4.69, 9.17) is 23.3 Å². The number of primary amides is 2. The van der Waals surface area contributed by atoms with E-state index in [0.29, 0.717) is 27.6 Å². The molecule has 122 valence electrons. The van der Waals surface area contributed by atoms with Gasteiger partial charge in [-0.05, 0) is 23.8 Å². The minimum atomic E-state index is -0.743. The number of fused-ring (bicyclic) bond motifs is 1. The van der Waals surface area contributed by atoms with Crippen molar-refractivity contribution in [2.45, 2.75) is 0 Å². The predicted octanol–water partition coefficient (Wildman–Crippen LogP) is 3.01. The van der Waals surface area contributed by atoms with Crippen molar-refractivity contribution in [3.63, 3.8) is 0 Å². The lowest BCUT2D eigenvalue weighted by atomic mass is 10.0. The number of halogens is 2. The molecule has 0 unspecified atom stereocenters. The molecule has 0 aliphatic heterocycles. The van der Waals surface area contributed by atoms with Crippen molar-refractivity contribution in [3.8, 4) is 16.9 Å². The average molecular weight is 348 g/mol. The number of amides is 2. The van der Waals surface area contributed by atoms with Crippen molar-refractivity contribution in [2.24, 2.45) is 11.5 Å². The molecule has 8 heteroatoms. The van der Waals surface area contributed by atoms with Crippen LogP contribution in [0, 0.1) is 5.82 Å². The van der Waals surface area contributed by atoms with E-state index in [1.807, 2.05) is 0 Å². The molecule has 0 radical (unpaired) electrons. The zero-order chi connectivity index (χ0) is 17.4. The summed E-state index contributed by atoms with van der Waals surface area (Å²) in [4.78, 5) is 22.8. The number of carbonyl (C=O) groups excluding carboxylic acids is 2. The van der Waals surface area contributed by atoms with Crippen LogP contribution < -0.4 is 15.8 Å². The number of carbonyl (C=O) groups is 2. The first-order valence-corrected chi connectivity index (χ1v) is 7.06. The standard InChI is InChI=1S/C16H11ClFN3O3/c17-24-14-6-13-10(5-12(14)18)11(7-21(13)16(20)23)8-1-3-9(4-2-8)15(19)22/h1-7H,(H2,19,22)(H2,20,23). The van der Waals surface area contributed by atoms with E-state index in [1.54, 1.807) is 12.1 Å². The van der Waals surface area contributed by atoms with Crippen LogP contribution in [0.3, 0.4) is 0 Å². The maximum atomic E-state index is 14.0. The Bertz CT molecular complexity index is 967. The van der Waals surface area contributed by atoms with Crippen LogP contribution in [-0.4, -0.2) is 16.5 Å². The maximum Gasteiger partial charge on any atom is 0.323 e. The molecule has 2 amide bonds. The molecule has 0 aliphatic rings. The van der Waals surface area contributed by atoms with Crippen LogP contribution in [0.2, 0.25) is 0 Å². The molecule has 0 saturated heterocycles. The Balaban J connectivity index is 2.26. The lowest BCUT2D eigenvalue weighted by Crippen LogP contribution is -2.18. The van der Waals surface area contributed by atoms with E-state index in [2.05, 4.69) is 4.29 Å². The molecule has 1 aromatic heterocycles. The number of nitrogens with two attached hydrogens (primary N) is 2. The van der Waals surface area contributed by atoms with Gasteiger partial charge in [-0.3, -0.25) is 9.36 Å². The fraction of sp³-hybridized carbons (Fsp3) is 0. The molecule has 0 spiro atoms. The molecule has 0 fully saturated rings. The number of nitrogens with zero attached hydrogens (tertiary/aromatic N) is 1. The molecule has 0 aliphatic carbocycles. The molecule has 2 aromatic carbocycles. The molecule has 0 bridgehead atoms. The average Bonchev–Trinajstić information content (AvgIpc) is 2.92. The summed E-state index contributed by atoms with van der Waals surface area (Å²) in [6.07, 6.45) is 1.48. The highest BCUT2D eigenvalue weighted by atomic mass is 35.5. The van der Waals surface area contributed by atoms with Gasteiger partial charge in [0, 0.05) is 28.8 Å². The van der Waals surface area contributed by atoms with Crippen LogP contribution in [0.1, 0.15) is 10.4 Å². The highest BCUT2D eigenvalue weighted by Gasteiger charge is 2.17. The first-order chi connectivity index (χ1) is 11.4. The van der Waals surface area contributed by atoms with Crippen molar-refractivity contribution >= 4 is 34.7 Å². The van der Waals surface area contributed by atoms with Gasteiger partial charge in [0.25, 0.3) is 0 Å². The summed E-state index contributed by atoms with van der Waals surface area (Å²) in [5.74, 6) is -1.47. The lowest BCUT2D eigenvalue weighted by Gasteiger charge is -2.03. The van der Waals surface area contributed by atoms with Crippen LogP contribution in [0.4, 0.5) is 9.18 Å². The van der Waals surface area contributed by atoms with Gasteiger partial charge in [-0.15, -0.1) is 0 Å². The molecule has 0 atom stereocenters. The quantitative estimate of drug-likeness (QED) is 0.761. The third-order valence-corrected chi connectivity index (χ3v) is 3.83. The highest BCUT2D eigenvalue weighted by Crippen LogP contribution is 2.34. The molecule has 6 nitrogen and oxygen atoms in total. The molecule has 4 N–H and O–H groups in total. The molecular formula is C16H11ClFN3O3. The summed E-state index contributed by atoms with van der Waals surface area (Å²) >= 11 is 5.23. The van der Waals surface area contributed by atoms with Gasteiger partial charge in [0.15, 0.2) is 11.6 Å². The van der Waals surface area contributed by atoms with Gasteiger partial charge in [0.05, 0.1) is 5.52 Å². The normalized spacial score (nSPS) is 10.8. The van der Waals surface area contributed by atoms with Crippen molar-refractivity contribution in [1.29, 1.82) is 0 Å². The fourth-order valence-corrected chi connectivity index (χ4v) is 2.63. The molecule has 24 heavy (non-hydrogen) atoms. The molecule has 3 rings (SSSR count). The predicted molar refractivity (Wildman–Crippen MR) is 87.3 cm³/mol. The van der Waals surface area contributed by atoms with Gasteiger partial charge in [-0.2, -0.15) is 0 Å². The van der Waals surface area contributed by atoms with Crippen LogP contribution in [-0.2, 0) is 0 Å². The maximum absolute atomic E-state index is 14.0. The van der Waals surface area contributed by atoms with Crippen LogP contribution in [0.5, 0.6) is 5.75 Å². The second kappa shape index (κ2) is 5.86. The second-order valence-electron chi connectivity index (χ2n) is 5.07. The van der Waals surface area contributed by atoms with E-state index in [9.17, 15) is 14.0 Å². The van der Waals surface area contributed by atoms with E-state index in [0.717, 1.165) is 4.57 Å². The number of benzene rings is 2. The van der Waals surface area contributed by atoms with Gasteiger partial charge < -0.3 is 15.8 Å². The lowest BCUT2D eigenvalue weighted by molar-refractivity contribution is 0.100. The topological polar surface area (TPSA) is 100 Å². The van der Waals surface area contributed by atoms with Crippen LogP contribution in [0.15, 0.2) is 42.6 Å². The Morgan fingerprint density at radius 2 is 1.79 bits per heavy atom. The summed E-state index contributed by atoms with van der Waals surface area (Å²) in [5, 5.41) is 0.440. The van der Waals surface area contributed by atoms with Crippen LogP contribution >= 0.6 is 11.9 Å². The third-order valence-electron chi connectivity index (χ3n) is 3.66. The Morgan fingerprint density at radius 3 is 2.33 bits per heavy atom. The first-order valence-electron chi connectivity index (χ1n) is 6.75. The van der Waals surface area contributed by atoms with Crippen molar-refractivity contribution in [2.75, 3.05) is 0 Å². The van der Waals surface area contributed by atoms with Gasteiger partial charge in [-0.1, -0.05) is 12.1 Å². The van der Waals surface area contributed by atoms with E-state index < -0.39 is 17.8 Å². The van der Waals surface area contributed by atoms with Crippen molar-refractivity contribution in [3.05, 3.63) is 54.0 Å². The smallest absolute Gasteiger partial charge is 0.323 e. The minimum absolute atomic E-state index is 0.222. The van der Waals surface area contributed by atoms with Crippen molar-refractivity contribution in [1.82, 2.24) is 4.57 Å². The molecule has 1 heterocycles. The van der Waals surface area contributed by atoms with E-state index in [1.165, 1.54) is 30.5 Å². The minimum Gasteiger partial charge on any atom is -0.382 e. The number of hydrogen-bond acceptors (Lipinski definition) is 3.